The molecule has 1 aliphatic heterocycles. The van der Waals surface area contributed by atoms with E-state index in [4.69, 9.17) is 16.3 Å². The minimum Gasteiger partial charge on any atom is -0.493 e. The number of fused-ring (bicyclic) bond motifs is 1. The third-order valence-corrected chi connectivity index (χ3v) is 5.00. The quantitative estimate of drug-likeness (QED) is 0.855. The molecule has 21 heavy (non-hydrogen) atoms. The van der Waals surface area contributed by atoms with Crippen LogP contribution in [0.2, 0.25) is 5.02 Å². The van der Waals surface area contributed by atoms with Crippen LogP contribution in [0.3, 0.4) is 0 Å². The molecular formula is C17H21ClO3. The number of hydrogen-bond acceptors (Lipinski definition) is 2. The van der Waals surface area contributed by atoms with Crippen molar-refractivity contribution >= 4 is 17.6 Å². The third kappa shape index (κ3) is 3.18. The smallest absolute Gasteiger partial charge is 0.306 e. The van der Waals surface area contributed by atoms with Gasteiger partial charge in [-0.3, -0.25) is 4.79 Å². The molecule has 0 spiro atoms. The van der Waals surface area contributed by atoms with Gasteiger partial charge in [-0.2, -0.15) is 0 Å². The summed E-state index contributed by atoms with van der Waals surface area (Å²) < 4.78 is 5.75. The fourth-order valence-electron chi connectivity index (χ4n) is 3.73. The first-order chi connectivity index (χ1) is 10.1. The van der Waals surface area contributed by atoms with Crippen molar-refractivity contribution in [3.05, 3.63) is 28.3 Å². The van der Waals surface area contributed by atoms with Crippen LogP contribution in [0, 0.1) is 11.8 Å². The molecule has 0 saturated heterocycles. The molecule has 1 aromatic rings. The summed E-state index contributed by atoms with van der Waals surface area (Å²) in [4.78, 5) is 11.6. The predicted molar refractivity (Wildman–Crippen MR) is 82.1 cm³/mol. The van der Waals surface area contributed by atoms with Gasteiger partial charge in [0.15, 0.2) is 0 Å². The minimum absolute atomic E-state index is 0.191. The SMILES string of the molecule is O=C(O)C1CCCCCC1Cc1cc(Cl)cc2c1OCC2. The maximum atomic E-state index is 11.6. The molecular weight excluding hydrogens is 288 g/mol. The lowest BCUT2D eigenvalue weighted by atomic mass is 9.83. The normalized spacial score (nSPS) is 25.0. The van der Waals surface area contributed by atoms with E-state index in [1.54, 1.807) is 0 Å². The highest BCUT2D eigenvalue weighted by atomic mass is 35.5. The Labute approximate surface area is 130 Å². The lowest BCUT2D eigenvalue weighted by Gasteiger charge is -2.22. The number of benzene rings is 1. The van der Waals surface area contributed by atoms with E-state index in [9.17, 15) is 9.90 Å². The molecule has 114 valence electrons. The summed E-state index contributed by atoms with van der Waals surface area (Å²) >= 11 is 6.21. The van der Waals surface area contributed by atoms with Crippen LogP contribution in [-0.2, 0) is 17.6 Å². The number of ether oxygens (including phenoxy) is 1. The van der Waals surface area contributed by atoms with Crippen molar-refractivity contribution in [3.63, 3.8) is 0 Å². The molecule has 1 heterocycles. The monoisotopic (exact) mass is 308 g/mol. The molecule has 1 aliphatic carbocycles. The molecule has 0 bridgehead atoms. The summed E-state index contributed by atoms with van der Waals surface area (Å²) in [6.45, 7) is 0.704. The van der Waals surface area contributed by atoms with E-state index in [-0.39, 0.29) is 11.8 Å². The highest BCUT2D eigenvalue weighted by Crippen LogP contribution is 2.38. The zero-order valence-electron chi connectivity index (χ0n) is 12.1. The molecule has 0 aromatic heterocycles. The van der Waals surface area contributed by atoms with Crippen molar-refractivity contribution in [1.82, 2.24) is 0 Å². The second-order valence-corrected chi connectivity index (χ2v) is 6.64. The highest BCUT2D eigenvalue weighted by Gasteiger charge is 2.31. The van der Waals surface area contributed by atoms with Crippen molar-refractivity contribution in [2.24, 2.45) is 11.8 Å². The number of carboxylic acid groups (broad SMARTS) is 1. The summed E-state index contributed by atoms with van der Waals surface area (Å²) in [6, 6.07) is 3.92. The molecule has 4 heteroatoms. The Morgan fingerprint density at radius 2 is 2.10 bits per heavy atom. The molecule has 0 amide bonds. The number of carboxylic acids is 1. The summed E-state index contributed by atoms with van der Waals surface area (Å²) in [5.74, 6) is 0.259. The second-order valence-electron chi connectivity index (χ2n) is 6.20. The van der Waals surface area contributed by atoms with Gasteiger partial charge in [0.2, 0.25) is 0 Å². The number of carbonyl (C=O) groups is 1. The standard InChI is InChI=1S/C17H21ClO3/c18-14-9-12-6-7-21-16(12)13(10-14)8-11-4-2-1-3-5-15(11)17(19)20/h9-11,15H,1-8H2,(H,19,20). The first-order valence-electron chi connectivity index (χ1n) is 7.82. The zero-order valence-corrected chi connectivity index (χ0v) is 12.9. The molecule has 2 aliphatic rings. The van der Waals surface area contributed by atoms with Gasteiger partial charge in [0, 0.05) is 11.4 Å². The predicted octanol–water partition coefficient (Wildman–Crippen LogP) is 4.10. The van der Waals surface area contributed by atoms with Crippen molar-refractivity contribution in [3.8, 4) is 5.75 Å². The first kappa shape index (κ1) is 14.7. The Morgan fingerprint density at radius 3 is 2.90 bits per heavy atom. The van der Waals surface area contributed by atoms with E-state index < -0.39 is 5.97 Å². The Kier molecular flexibility index (Phi) is 4.39. The van der Waals surface area contributed by atoms with Gasteiger partial charge < -0.3 is 9.84 Å². The first-order valence-corrected chi connectivity index (χ1v) is 8.20. The molecule has 1 fully saturated rings. The van der Waals surface area contributed by atoms with E-state index in [0.29, 0.717) is 6.61 Å². The zero-order chi connectivity index (χ0) is 14.8. The van der Waals surface area contributed by atoms with Crippen molar-refractivity contribution in [1.29, 1.82) is 0 Å². The topological polar surface area (TPSA) is 46.5 Å². The van der Waals surface area contributed by atoms with E-state index in [1.807, 2.05) is 12.1 Å². The van der Waals surface area contributed by atoms with Gasteiger partial charge in [0.25, 0.3) is 0 Å². The van der Waals surface area contributed by atoms with Gasteiger partial charge in [-0.15, -0.1) is 0 Å². The number of halogens is 1. The second kappa shape index (κ2) is 6.27. The van der Waals surface area contributed by atoms with Crippen LogP contribution in [0.15, 0.2) is 12.1 Å². The minimum atomic E-state index is -0.651. The summed E-state index contributed by atoms with van der Waals surface area (Å²) in [5, 5.41) is 10.2. The van der Waals surface area contributed by atoms with Crippen LogP contribution < -0.4 is 4.74 Å². The molecule has 2 unspecified atom stereocenters. The van der Waals surface area contributed by atoms with Crippen LogP contribution in [0.5, 0.6) is 5.75 Å². The van der Waals surface area contributed by atoms with E-state index >= 15 is 0 Å². The summed E-state index contributed by atoms with van der Waals surface area (Å²) in [5.41, 5.74) is 2.26. The van der Waals surface area contributed by atoms with Crippen molar-refractivity contribution in [2.75, 3.05) is 6.61 Å². The lowest BCUT2D eigenvalue weighted by Crippen LogP contribution is -2.24. The van der Waals surface area contributed by atoms with E-state index in [1.165, 1.54) is 0 Å². The average Bonchev–Trinajstić information content (AvgIpc) is 2.77. The maximum Gasteiger partial charge on any atom is 0.306 e. The van der Waals surface area contributed by atoms with Crippen LogP contribution >= 0.6 is 11.6 Å². The molecule has 1 N–H and O–H groups in total. The van der Waals surface area contributed by atoms with E-state index in [2.05, 4.69) is 0 Å². The molecule has 0 radical (unpaired) electrons. The van der Waals surface area contributed by atoms with Gasteiger partial charge >= 0.3 is 5.97 Å². The van der Waals surface area contributed by atoms with Gasteiger partial charge in [-0.25, -0.2) is 0 Å². The van der Waals surface area contributed by atoms with Crippen molar-refractivity contribution in [2.45, 2.75) is 44.9 Å². The lowest BCUT2D eigenvalue weighted by molar-refractivity contribution is -0.143. The number of rotatable bonds is 3. The van der Waals surface area contributed by atoms with Gasteiger partial charge in [0.05, 0.1) is 12.5 Å². The Bertz CT molecular complexity index is 541. The third-order valence-electron chi connectivity index (χ3n) is 4.78. The van der Waals surface area contributed by atoms with Gasteiger partial charge in [-0.1, -0.05) is 30.9 Å². The fraction of sp³-hybridized carbons (Fsp3) is 0.588. The Morgan fingerprint density at radius 1 is 1.29 bits per heavy atom. The molecule has 2 atom stereocenters. The molecule has 3 rings (SSSR count). The molecule has 1 saturated carbocycles. The molecule has 1 aromatic carbocycles. The van der Waals surface area contributed by atoms with Crippen molar-refractivity contribution < 1.29 is 14.6 Å². The Balaban J connectivity index is 1.86. The molecule has 3 nitrogen and oxygen atoms in total. The van der Waals surface area contributed by atoms with Crippen LogP contribution in [0.4, 0.5) is 0 Å². The number of aliphatic carboxylic acids is 1. The van der Waals surface area contributed by atoms with Gasteiger partial charge in [-0.05, 0) is 48.4 Å². The van der Waals surface area contributed by atoms with Crippen LogP contribution in [0.25, 0.3) is 0 Å². The van der Waals surface area contributed by atoms with Crippen LogP contribution in [-0.4, -0.2) is 17.7 Å². The Hall–Kier alpha value is -1.22. The van der Waals surface area contributed by atoms with Crippen LogP contribution in [0.1, 0.15) is 43.2 Å². The highest BCUT2D eigenvalue weighted by molar-refractivity contribution is 6.30. The van der Waals surface area contributed by atoms with Gasteiger partial charge in [0.1, 0.15) is 5.75 Å². The van der Waals surface area contributed by atoms with E-state index in [0.717, 1.165) is 66.8 Å². The largest absolute Gasteiger partial charge is 0.493 e. The fourth-order valence-corrected chi connectivity index (χ4v) is 4.00. The number of hydrogen-bond donors (Lipinski definition) is 1. The summed E-state index contributed by atoms with van der Waals surface area (Å²) in [6.07, 6.45) is 6.73. The average molecular weight is 309 g/mol. The maximum absolute atomic E-state index is 11.6. The summed E-state index contributed by atoms with van der Waals surface area (Å²) in [7, 11) is 0.